The number of nitrogens with one attached hydrogen (secondary N) is 1. The molecule has 0 aliphatic heterocycles. The van der Waals surface area contributed by atoms with E-state index in [0.717, 1.165) is 17.7 Å². The van der Waals surface area contributed by atoms with Gasteiger partial charge in [0.05, 0.1) is 17.2 Å². The van der Waals surface area contributed by atoms with E-state index < -0.39 is 35.8 Å². The van der Waals surface area contributed by atoms with Crippen LogP contribution in [-0.2, 0) is 15.7 Å². The third-order valence-electron chi connectivity index (χ3n) is 3.46. The molecule has 0 radical (unpaired) electrons. The van der Waals surface area contributed by atoms with Crippen molar-refractivity contribution in [2.45, 2.75) is 19.1 Å². The quantitative estimate of drug-likeness (QED) is 0.835. The summed E-state index contributed by atoms with van der Waals surface area (Å²) in [5.41, 5.74) is -0.874. The number of carbonyl (C=O) groups is 2. The first-order chi connectivity index (χ1) is 11.8. The lowest BCUT2D eigenvalue weighted by Gasteiger charge is -2.15. The highest BCUT2D eigenvalue weighted by Crippen LogP contribution is 2.32. The number of hydrogen-bond donors (Lipinski definition) is 1. The van der Waals surface area contributed by atoms with Crippen LogP contribution in [0.1, 0.15) is 34.5 Å². The molecule has 4 nitrogen and oxygen atoms in total. The maximum absolute atomic E-state index is 12.9. The standard InChI is InChI=1S/C18H16F3NO3/c1-12(13-7-3-2-4-8-13)22-16(23)11-25-17(24)14-9-5-6-10-15(14)18(19,20)21/h2-10,12H,11H2,1H3,(H,22,23)/t12-/m0/s1. The summed E-state index contributed by atoms with van der Waals surface area (Å²) >= 11 is 0. The van der Waals surface area contributed by atoms with Crippen molar-refractivity contribution in [1.29, 1.82) is 0 Å². The predicted octanol–water partition coefficient (Wildman–Crippen LogP) is 3.74. The number of alkyl halides is 3. The monoisotopic (exact) mass is 351 g/mol. The lowest BCUT2D eigenvalue weighted by atomic mass is 10.1. The van der Waals surface area contributed by atoms with E-state index in [0.29, 0.717) is 0 Å². The number of esters is 1. The Hall–Kier alpha value is -2.83. The molecule has 0 bridgehead atoms. The highest BCUT2D eigenvalue weighted by atomic mass is 19.4. The van der Waals surface area contributed by atoms with E-state index in [4.69, 9.17) is 4.74 Å². The van der Waals surface area contributed by atoms with Gasteiger partial charge in [-0.2, -0.15) is 13.2 Å². The predicted molar refractivity (Wildman–Crippen MR) is 84.7 cm³/mol. The van der Waals surface area contributed by atoms with E-state index in [1.165, 1.54) is 12.1 Å². The third-order valence-corrected chi connectivity index (χ3v) is 3.46. The van der Waals surface area contributed by atoms with E-state index in [9.17, 15) is 22.8 Å². The fourth-order valence-corrected chi connectivity index (χ4v) is 2.23. The normalized spacial score (nSPS) is 12.3. The lowest BCUT2D eigenvalue weighted by Crippen LogP contribution is -2.31. The molecule has 0 fully saturated rings. The van der Waals surface area contributed by atoms with Gasteiger partial charge in [-0.25, -0.2) is 4.79 Å². The Morgan fingerprint density at radius 3 is 2.28 bits per heavy atom. The largest absolute Gasteiger partial charge is 0.452 e. The van der Waals surface area contributed by atoms with E-state index in [-0.39, 0.29) is 6.04 Å². The van der Waals surface area contributed by atoms with Crippen molar-refractivity contribution in [3.05, 3.63) is 71.3 Å². The van der Waals surface area contributed by atoms with Gasteiger partial charge in [0.15, 0.2) is 6.61 Å². The highest BCUT2D eigenvalue weighted by molar-refractivity contribution is 5.93. The number of halogens is 3. The van der Waals surface area contributed by atoms with Crippen molar-refractivity contribution < 1.29 is 27.5 Å². The summed E-state index contributed by atoms with van der Waals surface area (Å²) in [4.78, 5) is 23.7. The minimum absolute atomic E-state index is 0.324. The van der Waals surface area contributed by atoms with E-state index in [1.54, 1.807) is 6.92 Å². The SMILES string of the molecule is C[C@H](NC(=O)COC(=O)c1ccccc1C(F)(F)F)c1ccccc1. The molecule has 0 saturated carbocycles. The van der Waals surface area contributed by atoms with Crippen molar-refractivity contribution >= 4 is 11.9 Å². The molecule has 0 aromatic heterocycles. The number of amides is 1. The maximum atomic E-state index is 12.9. The average molecular weight is 351 g/mol. The van der Waals surface area contributed by atoms with Crippen molar-refractivity contribution in [2.24, 2.45) is 0 Å². The molecule has 0 saturated heterocycles. The van der Waals surface area contributed by atoms with Gasteiger partial charge < -0.3 is 10.1 Å². The van der Waals surface area contributed by atoms with Crippen LogP contribution < -0.4 is 5.32 Å². The zero-order valence-corrected chi connectivity index (χ0v) is 13.3. The molecule has 1 N–H and O–H groups in total. The van der Waals surface area contributed by atoms with Crippen LogP contribution in [0.25, 0.3) is 0 Å². The average Bonchev–Trinajstić information content (AvgIpc) is 2.59. The number of hydrogen-bond acceptors (Lipinski definition) is 3. The van der Waals surface area contributed by atoms with Crippen LogP contribution in [0.4, 0.5) is 13.2 Å². The third kappa shape index (κ3) is 5.07. The van der Waals surface area contributed by atoms with Crippen molar-refractivity contribution in [3.8, 4) is 0 Å². The maximum Gasteiger partial charge on any atom is 0.417 e. The Morgan fingerprint density at radius 1 is 1.04 bits per heavy atom. The zero-order valence-electron chi connectivity index (χ0n) is 13.3. The van der Waals surface area contributed by atoms with Crippen molar-refractivity contribution in [1.82, 2.24) is 5.32 Å². The van der Waals surface area contributed by atoms with Gasteiger partial charge in [0.25, 0.3) is 5.91 Å². The Morgan fingerprint density at radius 2 is 1.64 bits per heavy atom. The second kappa shape index (κ2) is 7.83. The minimum Gasteiger partial charge on any atom is -0.452 e. The van der Waals surface area contributed by atoms with Gasteiger partial charge in [-0.15, -0.1) is 0 Å². The lowest BCUT2D eigenvalue weighted by molar-refractivity contribution is -0.138. The van der Waals surface area contributed by atoms with E-state index in [1.807, 2.05) is 30.3 Å². The molecule has 0 heterocycles. The molecule has 2 aromatic carbocycles. The highest BCUT2D eigenvalue weighted by Gasteiger charge is 2.35. The first kappa shape index (κ1) is 18.5. The molecule has 1 amide bonds. The Labute approximate surface area is 142 Å². The molecular weight excluding hydrogens is 335 g/mol. The fraction of sp³-hybridized carbons (Fsp3) is 0.222. The molecule has 0 aliphatic rings. The van der Waals surface area contributed by atoms with Gasteiger partial charge in [0.2, 0.25) is 0 Å². The van der Waals surface area contributed by atoms with Gasteiger partial charge in [-0.1, -0.05) is 42.5 Å². The Kier molecular flexibility index (Phi) is 5.80. The minimum atomic E-state index is -4.68. The van der Waals surface area contributed by atoms with Gasteiger partial charge >= 0.3 is 12.1 Å². The summed E-state index contributed by atoms with van der Waals surface area (Å²) in [6.45, 7) is 1.08. The van der Waals surface area contributed by atoms with Crippen LogP contribution in [0.15, 0.2) is 54.6 Å². The van der Waals surface area contributed by atoms with Gasteiger partial charge in [0.1, 0.15) is 0 Å². The van der Waals surface area contributed by atoms with Crippen LogP contribution >= 0.6 is 0 Å². The second-order valence-corrected chi connectivity index (χ2v) is 5.32. The molecule has 1 atom stereocenters. The molecule has 2 rings (SSSR count). The molecular formula is C18H16F3NO3. The number of ether oxygens (including phenoxy) is 1. The number of benzene rings is 2. The Balaban J connectivity index is 1.95. The fourth-order valence-electron chi connectivity index (χ4n) is 2.23. The molecule has 0 unspecified atom stereocenters. The number of carbonyl (C=O) groups excluding carboxylic acids is 2. The van der Waals surface area contributed by atoms with Crippen LogP contribution in [0.5, 0.6) is 0 Å². The van der Waals surface area contributed by atoms with Gasteiger partial charge in [0, 0.05) is 0 Å². The van der Waals surface area contributed by atoms with Crippen LogP contribution in [-0.4, -0.2) is 18.5 Å². The molecule has 7 heteroatoms. The van der Waals surface area contributed by atoms with Gasteiger partial charge in [-0.05, 0) is 24.6 Å². The van der Waals surface area contributed by atoms with E-state index in [2.05, 4.69) is 5.32 Å². The van der Waals surface area contributed by atoms with Crippen molar-refractivity contribution in [3.63, 3.8) is 0 Å². The van der Waals surface area contributed by atoms with E-state index >= 15 is 0 Å². The molecule has 2 aromatic rings. The number of rotatable bonds is 5. The first-order valence-electron chi connectivity index (χ1n) is 7.46. The zero-order chi connectivity index (χ0) is 18.4. The van der Waals surface area contributed by atoms with Crippen molar-refractivity contribution in [2.75, 3.05) is 6.61 Å². The topological polar surface area (TPSA) is 55.4 Å². The summed E-state index contributed by atoms with van der Waals surface area (Å²) in [6, 6.07) is 13.0. The summed E-state index contributed by atoms with van der Waals surface area (Å²) < 4.78 is 43.4. The summed E-state index contributed by atoms with van der Waals surface area (Å²) in [5.74, 6) is -1.80. The summed E-state index contributed by atoms with van der Waals surface area (Å²) in [6.07, 6.45) is -4.68. The van der Waals surface area contributed by atoms with Crippen LogP contribution in [0.2, 0.25) is 0 Å². The first-order valence-corrected chi connectivity index (χ1v) is 7.46. The molecule has 25 heavy (non-hydrogen) atoms. The summed E-state index contributed by atoms with van der Waals surface area (Å²) in [7, 11) is 0. The smallest absolute Gasteiger partial charge is 0.417 e. The molecule has 132 valence electrons. The van der Waals surface area contributed by atoms with Crippen LogP contribution in [0.3, 0.4) is 0 Å². The summed E-state index contributed by atoms with van der Waals surface area (Å²) in [5, 5.41) is 2.61. The Bertz CT molecular complexity index is 745. The van der Waals surface area contributed by atoms with Gasteiger partial charge in [-0.3, -0.25) is 4.79 Å². The second-order valence-electron chi connectivity index (χ2n) is 5.32. The molecule has 0 aliphatic carbocycles. The molecule has 0 spiro atoms. The van der Waals surface area contributed by atoms with Crippen LogP contribution in [0, 0.1) is 0 Å².